The fraction of sp³-hybridized carbons (Fsp3) is 0.316. The van der Waals surface area contributed by atoms with Crippen LogP contribution in [0.5, 0.6) is 11.5 Å². The van der Waals surface area contributed by atoms with Gasteiger partial charge in [0.1, 0.15) is 16.9 Å². The van der Waals surface area contributed by atoms with Crippen LogP contribution in [0.3, 0.4) is 0 Å². The number of aromatic nitrogens is 1. The molecule has 2 N–H and O–H groups in total. The summed E-state index contributed by atoms with van der Waals surface area (Å²) in [5.41, 5.74) is 0.104. The maximum absolute atomic E-state index is 12.6. The van der Waals surface area contributed by atoms with E-state index >= 15 is 0 Å². The molecule has 0 spiro atoms. The Morgan fingerprint density at radius 1 is 1.04 bits per heavy atom. The molecule has 0 saturated heterocycles. The minimum atomic E-state index is -1.27. The number of hydrogen-bond donors (Lipinski definition) is 2. The van der Waals surface area contributed by atoms with E-state index in [9.17, 15) is 9.59 Å². The molecular formula is C19H23N3O4. The zero-order chi connectivity index (χ0) is 19.2. The maximum atomic E-state index is 12.6. The van der Waals surface area contributed by atoms with Crippen LogP contribution >= 0.6 is 0 Å². The fourth-order valence-corrected chi connectivity index (χ4v) is 2.19. The number of nitrogens with one attached hydrogen (secondary N) is 2. The van der Waals surface area contributed by atoms with Crippen LogP contribution in [0.1, 0.15) is 19.4 Å². The number of carbonyl (C=O) groups excluding carboxylic acids is 2. The van der Waals surface area contributed by atoms with Gasteiger partial charge in [-0.25, -0.2) is 0 Å². The van der Waals surface area contributed by atoms with Crippen LogP contribution in [0.2, 0.25) is 0 Å². The zero-order valence-electron chi connectivity index (χ0n) is 15.3. The van der Waals surface area contributed by atoms with E-state index in [0.717, 1.165) is 5.56 Å². The van der Waals surface area contributed by atoms with Crippen molar-refractivity contribution in [2.45, 2.75) is 20.4 Å². The van der Waals surface area contributed by atoms with Gasteiger partial charge in [-0.1, -0.05) is 0 Å². The Kier molecular flexibility index (Phi) is 6.16. The minimum absolute atomic E-state index is 0.323. The Labute approximate surface area is 152 Å². The van der Waals surface area contributed by atoms with Gasteiger partial charge in [-0.3, -0.25) is 14.6 Å². The summed E-state index contributed by atoms with van der Waals surface area (Å²) in [6, 6.07) is 8.63. The predicted molar refractivity (Wildman–Crippen MR) is 98.0 cm³/mol. The van der Waals surface area contributed by atoms with Crippen LogP contribution in [-0.4, -0.2) is 31.0 Å². The Morgan fingerprint density at radius 2 is 1.73 bits per heavy atom. The largest absolute Gasteiger partial charge is 0.497 e. The molecule has 26 heavy (non-hydrogen) atoms. The number of pyridine rings is 1. The summed E-state index contributed by atoms with van der Waals surface area (Å²) in [4.78, 5) is 29.1. The standard InChI is InChI=1S/C19H23N3O4/c1-19(2,17(23)21-12-13-7-9-20-10-8-13)18(24)22-15-6-5-14(25-3)11-16(15)26-4/h5-11H,12H2,1-4H3,(H,21,23)(H,22,24). The molecule has 0 saturated carbocycles. The van der Waals surface area contributed by atoms with Gasteiger partial charge < -0.3 is 20.1 Å². The second kappa shape index (κ2) is 8.33. The van der Waals surface area contributed by atoms with Crippen LogP contribution in [-0.2, 0) is 16.1 Å². The number of amides is 2. The SMILES string of the molecule is COc1ccc(NC(=O)C(C)(C)C(=O)NCc2ccncc2)c(OC)c1. The molecule has 0 bridgehead atoms. The van der Waals surface area contributed by atoms with Crippen molar-refractivity contribution >= 4 is 17.5 Å². The molecule has 2 rings (SSSR count). The topological polar surface area (TPSA) is 89.5 Å². The average Bonchev–Trinajstić information content (AvgIpc) is 2.66. The van der Waals surface area contributed by atoms with E-state index in [1.54, 1.807) is 63.7 Å². The zero-order valence-corrected chi connectivity index (χ0v) is 15.3. The third-order valence-electron chi connectivity index (χ3n) is 3.99. The van der Waals surface area contributed by atoms with Crippen molar-refractivity contribution in [1.82, 2.24) is 10.3 Å². The van der Waals surface area contributed by atoms with Crippen molar-refractivity contribution in [2.75, 3.05) is 19.5 Å². The molecule has 7 nitrogen and oxygen atoms in total. The first kappa shape index (κ1) is 19.2. The molecule has 2 amide bonds. The highest BCUT2D eigenvalue weighted by Crippen LogP contribution is 2.30. The molecule has 0 aliphatic heterocycles. The van der Waals surface area contributed by atoms with E-state index in [4.69, 9.17) is 9.47 Å². The second-order valence-electron chi connectivity index (χ2n) is 6.18. The summed E-state index contributed by atoms with van der Waals surface area (Å²) in [6.45, 7) is 3.46. The summed E-state index contributed by atoms with van der Waals surface area (Å²) >= 11 is 0. The maximum Gasteiger partial charge on any atom is 0.239 e. The number of ether oxygens (including phenoxy) is 2. The summed E-state index contributed by atoms with van der Waals surface area (Å²) < 4.78 is 10.4. The van der Waals surface area contributed by atoms with E-state index in [0.29, 0.717) is 23.7 Å². The van der Waals surface area contributed by atoms with E-state index < -0.39 is 11.3 Å². The molecule has 0 atom stereocenters. The lowest BCUT2D eigenvalue weighted by Gasteiger charge is -2.23. The molecular weight excluding hydrogens is 334 g/mol. The van der Waals surface area contributed by atoms with Crippen molar-refractivity contribution in [3.05, 3.63) is 48.3 Å². The fourth-order valence-electron chi connectivity index (χ4n) is 2.19. The van der Waals surface area contributed by atoms with Gasteiger partial charge in [0, 0.05) is 25.0 Å². The number of hydrogen-bond acceptors (Lipinski definition) is 5. The monoisotopic (exact) mass is 357 g/mol. The Bertz CT molecular complexity index is 776. The number of methoxy groups -OCH3 is 2. The quantitative estimate of drug-likeness (QED) is 0.743. The van der Waals surface area contributed by atoms with Gasteiger partial charge in [0.2, 0.25) is 11.8 Å². The molecule has 0 unspecified atom stereocenters. The average molecular weight is 357 g/mol. The highest BCUT2D eigenvalue weighted by Gasteiger charge is 2.36. The van der Waals surface area contributed by atoms with E-state index in [2.05, 4.69) is 15.6 Å². The first-order valence-corrected chi connectivity index (χ1v) is 8.09. The van der Waals surface area contributed by atoms with Crippen molar-refractivity contribution in [1.29, 1.82) is 0 Å². The smallest absolute Gasteiger partial charge is 0.239 e. The number of carbonyl (C=O) groups is 2. The molecule has 0 aliphatic rings. The Hall–Kier alpha value is -3.09. The highest BCUT2D eigenvalue weighted by molar-refractivity contribution is 6.10. The van der Waals surface area contributed by atoms with Gasteiger partial charge in [0.05, 0.1) is 19.9 Å². The lowest BCUT2D eigenvalue weighted by molar-refractivity contribution is -0.138. The number of rotatable bonds is 7. The molecule has 0 aliphatic carbocycles. The van der Waals surface area contributed by atoms with Gasteiger partial charge in [-0.2, -0.15) is 0 Å². The summed E-state index contributed by atoms with van der Waals surface area (Å²) in [5.74, 6) is 0.243. The lowest BCUT2D eigenvalue weighted by atomic mass is 9.90. The normalized spacial score (nSPS) is 10.8. The van der Waals surface area contributed by atoms with Gasteiger partial charge in [0.25, 0.3) is 0 Å². The second-order valence-corrected chi connectivity index (χ2v) is 6.18. The molecule has 0 radical (unpaired) electrons. The van der Waals surface area contributed by atoms with Crippen LogP contribution < -0.4 is 20.1 Å². The van der Waals surface area contributed by atoms with E-state index in [1.165, 1.54) is 7.11 Å². The number of anilines is 1. The molecule has 138 valence electrons. The molecule has 7 heteroatoms. The summed E-state index contributed by atoms with van der Waals surface area (Å²) in [6.07, 6.45) is 3.30. The summed E-state index contributed by atoms with van der Waals surface area (Å²) in [5, 5.41) is 5.52. The highest BCUT2D eigenvalue weighted by atomic mass is 16.5. The van der Waals surface area contributed by atoms with Crippen LogP contribution in [0.25, 0.3) is 0 Å². The number of nitrogens with zero attached hydrogens (tertiary/aromatic N) is 1. The minimum Gasteiger partial charge on any atom is -0.497 e. The molecule has 1 heterocycles. The first-order chi connectivity index (χ1) is 12.4. The Balaban J connectivity index is 2.06. The van der Waals surface area contributed by atoms with Crippen LogP contribution in [0.4, 0.5) is 5.69 Å². The molecule has 1 aromatic heterocycles. The lowest BCUT2D eigenvalue weighted by Crippen LogP contribution is -2.44. The molecule has 0 fully saturated rings. The predicted octanol–water partition coefficient (Wildman–Crippen LogP) is 2.38. The third-order valence-corrected chi connectivity index (χ3v) is 3.99. The molecule has 1 aromatic carbocycles. The van der Waals surface area contributed by atoms with Gasteiger partial charge >= 0.3 is 0 Å². The van der Waals surface area contributed by atoms with Crippen LogP contribution in [0, 0.1) is 5.41 Å². The van der Waals surface area contributed by atoms with Crippen molar-refractivity contribution in [3.63, 3.8) is 0 Å². The number of benzene rings is 1. The Morgan fingerprint density at radius 3 is 2.35 bits per heavy atom. The molecule has 2 aromatic rings. The first-order valence-electron chi connectivity index (χ1n) is 8.09. The summed E-state index contributed by atoms with van der Waals surface area (Å²) in [7, 11) is 3.04. The van der Waals surface area contributed by atoms with Gasteiger partial charge in [-0.05, 0) is 43.7 Å². The van der Waals surface area contributed by atoms with Crippen molar-refractivity contribution in [3.8, 4) is 11.5 Å². The van der Waals surface area contributed by atoms with Crippen molar-refractivity contribution in [2.24, 2.45) is 5.41 Å². The van der Waals surface area contributed by atoms with Gasteiger partial charge in [0.15, 0.2) is 0 Å². The van der Waals surface area contributed by atoms with E-state index in [1.807, 2.05) is 0 Å². The van der Waals surface area contributed by atoms with Crippen molar-refractivity contribution < 1.29 is 19.1 Å². The van der Waals surface area contributed by atoms with Crippen LogP contribution in [0.15, 0.2) is 42.7 Å². The van der Waals surface area contributed by atoms with E-state index in [-0.39, 0.29) is 5.91 Å². The van der Waals surface area contributed by atoms with Gasteiger partial charge in [-0.15, -0.1) is 0 Å². The third kappa shape index (κ3) is 4.50.